The first kappa shape index (κ1) is 21.3. The second-order valence-corrected chi connectivity index (χ2v) is 7.35. The third kappa shape index (κ3) is 5.15. The van der Waals surface area contributed by atoms with Crippen LogP contribution >= 0.6 is 11.3 Å². The average molecular weight is 427 g/mol. The van der Waals surface area contributed by atoms with Gasteiger partial charge in [0.25, 0.3) is 0 Å². The number of para-hydroxylation sites is 1. The number of benzene rings is 2. The van der Waals surface area contributed by atoms with Crippen molar-refractivity contribution in [3.63, 3.8) is 0 Å². The molecule has 0 saturated heterocycles. The number of nitrogens with zero attached hydrogens (tertiary/aromatic N) is 3. The lowest BCUT2D eigenvalue weighted by Crippen LogP contribution is -2.24. The summed E-state index contributed by atoms with van der Waals surface area (Å²) in [7, 11) is 1.64. The summed E-state index contributed by atoms with van der Waals surface area (Å²) in [5.41, 5.74) is 1.39. The Morgan fingerprint density at radius 3 is 2.47 bits per heavy atom. The van der Waals surface area contributed by atoms with Gasteiger partial charge in [-0.2, -0.15) is 0 Å². The number of hydrogen-bond donors (Lipinski definition) is 0. The molecule has 0 bridgehead atoms. The first-order valence-corrected chi connectivity index (χ1v) is 9.91. The summed E-state index contributed by atoms with van der Waals surface area (Å²) in [5, 5.41) is 1.98. The van der Waals surface area contributed by atoms with Crippen LogP contribution in [0.4, 0.5) is 19.6 Å². The number of aromatic nitrogens is 1. The standard InChI is InChI=1S/C22H19F2N3O2S/c1-15(28)27(20-6-4-3-5-19(20)24)22-25-18(14-30-22)11-12-21(29)26(2)13-16-7-9-17(23)10-8-16/h3-12,14H,13H2,1-2H3/b12-11+. The number of halogens is 2. The first-order chi connectivity index (χ1) is 14.3. The summed E-state index contributed by atoms with van der Waals surface area (Å²) in [6.07, 6.45) is 2.90. The molecule has 3 aromatic rings. The van der Waals surface area contributed by atoms with Crippen LogP contribution in [0.25, 0.3) is 6.08 Å². The van der Waals surface area contributed by atoms with Crippen LogP contribution in [0.15, 0.2) is 60.0 Å². The molecule has 0 atom stereocenters. The van der Waals surface area contributed by atoms with E-state index in [2.05, 4.69) is 4.98 Å². The zero-order valence-electron chi connectivity index (χ0n) is 16.4. The minimum atomic E-state index is -0.530. The highest BCUT2D eigenvalue weighted by molar-refractivity contribution is 7.14. The predicted molar refractivity (Wildman–Crippen MR) is 113 cm³/mol. The molecule has 0 unspecified atom stereocenters. The molecule has 0 aliphatic heterocycles. The minimum absolute atomic E-state index is 0.116. The predicted octanol–water partition coefficient (Wildman–Crippen LogP) is 4.78. The number of hydrogen-bond acceptors (Lipinski definition) is 4. The summed E-state index contributed by atoms with van der Waals surface area (Å²) >= 11 is 1.17. The summed E-state index contributed by atoms with van der Waals surface area (Å²) < 4.78 is 27.1. The first-order valence-electron chi connectivity index (χ1n) is 9.03. The highest BCUT2D eigenvalue weighted by atomic mass is 32.1. The molecule has 2 aromatic carbocycles. The van der Waals surface area contributed by atoms with Crippen LogP contribution in [0.1, 0.15) is 18.2 Å². The van der Waals surface area contributed by atoms with E-state index < -0.39 is 5.82 Å². The van der Waals surface area contributed by atoms with E-state index in [1.165, 1.54) is 64.5 Å². The van der Waals surface area contributed by atoms with Crippen LogP contribution in [-0.4, -0.2) is 28.7 Å². The maximum absolute atomic E-state index is 14.1. The van der Waals surface area contributed by atoms with Crippen molar-refractivity contribution in [2.24, 2.45) is 0 Å². The second kappa shape index (κ2) is 9.41. The van der Waals surface area contributed by atoms with E-state index in [1.54, 1.807) is 36.7 Å². The number of thiazole rings is 1. The summed E-state index contributed by atoms with van der Waals surface area (Å²) in [6, 6.07) is 11.9. The minimum Gasteiger partial charge on any atom is -0.338 e. The number of amides is 2. The van der Waals surface area contributed by atoms with E-state index in [4.69, 9.17) is 0 Å². The Balaban J connectivity index is 1.71. The second-order valence-electron chi connectivity index (χ2n) is 6.51. The van der Waals surface area contributed by atoms with Gasteiger partial charge in [-0.15, -0.1) is 11.3 Å². The number of carbonyl (C=O) groups excluding carboxylic acids is 2. The topological polar surface area (TPSA) is 53.5 Å². The Morgan fingerprint density at radius 1 is 1.10 bits per heavy atom. The average Bonchev–Trinajstić information content (AvgIpc) is 3.17. The molecular formula is C22H19F2N3O2S. The van der Waals surface area contributed by atoms with Crippen molar-refractivity contribution >= 4 is 40.0 Å². The van der Waals surface area contributed by atoms with Crippen LogP contribution in [0.5, 0.6) is 0 Å². The molecule has 0 aliphatic carbocycles. The third-order valence-corrected chi connectivity index (χ3v) is 5.06. The van der Waals surface area contributed by atoms with Crippen molar-refractivity contribution < 1.29 is 18.4 Å². The van der Waals surface area contributed by atoms with Gasteiger partial charge < -0.3 is 4.90 Å². The van der Waals surface area contributed by atoms with E-state index in [0.717, 1.165) is 5.56 Å². The van der Waals surface area contributed by atoms with Crippen LogP contribution in [0, 0.1) is 11.6 Å². The largest absolute Gasteiger partial charge is 0.338 e. The maximum atomic E-state index is 14.1. The van der Waals surface area contributed by atoms with Gasteiger partial charge in [0, 0.05) is 32.0 Å². The van der Waals surface area contributed by atoms with Gasteiger partial charge in [-0.1, -0.05) is 24.3 Å². The normalized spacial score (nSPS) is 10.9. The Labute approximate surface area is 176 Å². The quantitative estimate of drug-likeness (QED) is 0.532. The van der Waals surface area contributed by atoms with Crippen LogP contribution < -0.4 is 4.90 Å². The van der Waals surface area contributed by atoms with Gasteiger partial charge in [-0.3, -0.25) is 14.5 Å². The third-order valence-electron chi connectivity index (χ3n) is 4.22. The van der Waals surface area contributed by atoms with Crippen LogP contribution in [0.2, 0.25) is 0 Å². The number of anilines is 2. The molecule has 154 valence electrons. The molecule has 0 radical (unpaired) electrons. The maximum Gasteiger partial charge on any atom is 0.246 e. The highest BCUT2D eigenvalue weighted by Gasteiger charge is 2.20. The smallest absolute Gasteiger partial charge is 0.246 e. The highest BCUT2D eigenvalue weighted by Crippen LogP contribution is 2.30. The summed E-state index contributed by atoms with van der Waals surface area (Å²) in [5.74, 6) is -1.49. The van der Waals surface area contributed by atoms with E-state index in [1.807, 2.05) is 0 Å². The molecule has 0 fully saturated rings. The van der Waals surface area contributed by atoms with Gasteiger partial charge in [0.2, 0.25) is 11.8 Å². The van der Waals surface area contributed by atoms with Crippen molar-refractivity contribution in [2.75, 3.05) is 11.9 Å². The monoisotopic (exact) mass is 427 g/mol. The van der Waals surface area contributed by atoms with E-state index >= 15 is 0 Å². The van der Waals surface area contributed by atoms with E-state index in [0.29, 0.717) is 17.4 Å². The van der Waals surface area contributed by atoms with Crippen molar-refractivity contribution in [1.82, 2.24) is 9.88 Å². The molecule has 2 amide bonds. The molecule has 0 saturated carbocycles. The Morgan fingerprint density at radius 2 is 1.80 bits per heavy atom. The number of carbonyl (C=O) groups is 2. The molecule has 0 spiro atoms. The van der Waals surface area contributed by atoms with Gasteiger partial charge in [-0.25, -0.2) is 13.8 Å². The molecular weight excluding hydrogens is 408 g/mol. The molecule has 30 heavy (non-hydrogen) atoms. The fourth-order valence-electron chi connectivity index (χ4n) is 2.72. The number of rotatable bonds is 6. The Kier molecular flexibility index (Phi) is 6.68. The van der Waals surface area contributed by atoms with Crippen molar-refractivity contribution in [2.45, 2.75) is 13.5 Å². The Bertz CT molecular complexity index is 1080. The zero-order valence-corrected chi connectivity index (χ0v) is 17.2. The molecule has 5 nitrogen and oxygen atoms in total. The molecule has 1 heterocycles. The van der Waals surface area contributed by atoms with Gasteiger partial charge in [0.15, 0.2) is 5.13 Å². The van der Waals surface area contributed by atoms with Gasteiger partial charge in [0.05, 0.1) is 11.4 Å². The van der Waals surface area contributed by atoms with Crippen molar-refractivity contribution in [3.05, 3.63) is 82.9 Å². The molecule has 1 aromatic heterocycles. The molecule has 3 rings (SSSR count). The molecule has 0 N–H and O–H groups in total. The summed E-state index contributed by atoms with van der Waals surface area (Å²) in [4.78, 5) is 31.4. The van der Waals surface area contributed by atoms with Crippen molar-refractivity contribution in [1.29, 1.82) is 0 Å². The van der Waals surface area contributed by atoms with Crippen molar-refractivity contribution in [3.8, 4) is 0 Å². The molecule has 8 heteroatoms. The Hall–Kier alpha value is -3.39. The zero-order chi connectivity index (χ0) is 21.7. The van der Waals surface area contributed by atoms with E-state index in [9.17, 15) is 18.4 Å². The lowest BCUT2D eigenvalue weighted by atomic mass is 10.2. The fraction of sp³-hybridized carbons (Fsp3) is 0.136. The van der Waals surface area contributed by atoms with Crippen LogP contribution in [-0.2, 0) is 16.1 Å². The van der Waals surface area contributed by atoms with Gasteiger partial charge in [0.1, 0.15) is 11.6 Å². The molecule has 0 aliphatic rings. The van der Waals surface area contributed by atoms with Gasteiger partial charge >= 0.3 is 0 Å². The summed E-state index contributed by atoms with van der Waals surface area (Å²) in [6.45, 7) is 1.66. The van der Waals surface area contributed by atoms with Gasteiger partial charge in [-0.05, 0) is 35.9 Å². The number of likely N-dealkylation sites (N-methyl/N-ethyl adjacent to an activating group) is 1. The van der Waals surface area contributed by atoms with E-state index in [-0.39, 0.29) is 23.3 Å². The fourth-order valence-corrected chi connectivity index (χ4v) is 3.57. The van der Waals surface area contributed by atoms with Crippen LogP contribution in [0.3, 0.4) is 0 Å². The lowest BCUT2D eigenvalue weighted by molar-refractivity contribution is -0.125. The lowest BCUT2D eigenvalue weighted by Gasteiger charge is -2.18. The SMILES string of the molecule is CC(=O)N(c1nc(/C=C/C(=O)N(C)Cc2ccc(F)cc2)cs1)c1ccccc1F.